The van der Waals surface area contributed by atoms with E-state index in [4.69, 9.17) is 18.9 Å². The van der Waals surface area contributed by atoms with Gasteiger partial charge in [0.25, 0.3) is 5.78 Å². The maximum Gasteiger partial charge on any atom is 0.350 e. The summed E-state index contributed by atoms with van der Waals surface area (Å²) in [7, 11) is 4.25. The summed E-state index contributed by atoms with van der Waals surface area (Å²) in [6, 6.07) is 8.91. The van der Waals surface area contributed by atoms with Crippen LogP contribution in [0.2, 0.25) is 0 Å². The Morgan fingerprint density at radius 3 is 2.41 bits per heavy atom. The third kappa shape index (κ3) is 4.92. The number of ether oxygens (including phenoxy) is 4. The molecule has 1 atom stereocenters. The van der Waals surface area contributed by atoms with Crippen molar-refractivity contribution in [1.82, 2.24) is 4.98 Å². The number of methoxy groups -OCH3 is 3. The number of thiazole rings is 1. The molecule has 10 nitrogen and oxygen atoms in total. The van der Waals surface area contributed by atoms with Crippen molar-refractivity contribution in [3.63, 3.8) is 0 Å². The molecule has 1 N–H and O–H groups in total. The Morgan fingerprint density at radius 1 is 1.05 bits per heavy atom. The zero-order valence-corrected chi connectivity index (χ0v) is 23.2. The van der Waals surface area contributed by atoms with E-state index in [1.807, 2.05) is 6.92 Å². The lowest BCUT2D eigenvalue weighted by molar-refractivity contribution is -0.132. The van der Waals surface area contributed by atoms with Gasteiger partial charge >= 0.3 is 11.9 Å². The number of aryl methyl sites for hydroxylation is 2. The van der Waals surface area contributed by atoms with Gasteiger partial charge < -0.3 is 24.1 Å². The summed E-state index contributed by atoms with van der Waals surface area (Å²) in [5.74, 6) is -1.32. The maximum absolute atomic E-state index is 13.5. The molecule has 204 valence electrons. The number of aliphatic hydroxyl groups is 1. The van der Waals surface area contributed by atoms with Gasteiger partial charge in [-0.3, -0.25) is 14.5 Å². The highest BCUT2D eigenvalue weighted by Crippen LogP contribution is 2.46. The topological polar surface area (TPSA) is 124 Å². The number of nitrogens with zero attached hydrogens (tertiary/aromatic N) is 2. The number of rotatable bonds is 8. The predicted molar refractivity (Wildman–Crippen MR) is 145 cm³/mol. The molecule has 1 amide bonds. The van der Waals surface area contributed by atoms with Gasteiger partial charge in [-0.25, -0.2) is 9.78 Å². The van der Waals surface area contributed by atoms with Gasteiger partial charge in [-0.15, -0.1) is 0 Å². The maximum atomic E-state index is 13.5. The van der Waals surface area contributed by atoms with Crippen LogP contribution in [0.15, 0.2) is 42.0 Å². The number of anilines is 1. The Hall–Kier alpha value is -4.38. The summed E-state index contributed by atoms with van der Waals surface area (Å²) in [6.45, 7) is 5.61. The summed E-state index contributed by atoms with van der Waals surface area (Å²) in [5.41, 5.74) is 1.68. The summed E-state index contributed by atoms with van der Waals surface area (Å²) in [6.07, 6.45) is 0. The number of carbonyl (C=O) groups excluding carboxylic acids is 3. The quantitative estimate of drug-likeness (QED) is 0.185. The first-order chi connectivity index (χ1) is 18.7. The number of hydrogen-bond donors (Lipinski definition) is 1. The van der Waals surface area contributed by atoms with Gasteiger partial charge in [0.1, 0.15) is 16.4 Å². The van der Waals surface area contributed by atoms with Gasteiger partial charge in [-0.05, 0) is 62.2 Å². The average molecular weight is 553 g/mol. The number of aliphatic hydroxyl groups excluding tert-OH is 1. The molecule has 0 radical (unpaired) electrons. The summed E-state index contributed by atoms with van der Waals surface area (Å²) >= 11 is 0.923. The minimum absolute atomic E-state index is 0.110. The van der Waals surface area contributed by atoms with Gasteiger partial charge in [0, 0.05) is 5.56 Å². The lowest BCUT2D eigenvalue weighted by Crippen LogP contribution is -2.29. The first-order valence-corrected chi connectivity index (χ1v) is 12.8. The Morgan fingerprint density at radius 2 is 1.79 bits per heavy atom. The lowest BCUT2D eigenvalue weighted by atomic mass is 9.93. The van der Waals surface area contributed by atoms with Gasteiger partial charge in [0.2, 0.25) is 0 Å². The molecule has 0 saturated carbocycles. The van der Waals surface area contributed by atoms with Gasteiger partial charge in [-0.2, -0.15) is 0 Å². The number of esters is 1. The lowest BCUT2D eigenvalue weighted by Gasteiger charge is -2.24. The Bertz CT molecular complexity index is 1490. The Labute approximate surface area is 229 Å². The number of ketones is 1. The van der Waals surface area contributed by atoms with Crippen molar-refractivity contribution in [3.05, 3.63) is 69.2 Å². The minimum Gasteiger partial charge on any atom is -0.507 e. The van der Waals surface area contributed by atoms with Gasteiger partial charge in [0.05, 0.1) is 45.2 Å². The van der Waals surface area contributed by atoms with E-state index in [0.717, 1.165) is 11.3 Å². The van der Waals surface area contributed by atoms with Crippen molar-refractivity contribution < 1.29 is 38.4 Å². The molecule has 0 bridgehead atoms. The van der Waals surface area contributed by atoms with E-state index in [-0.39, 0.29) is 21.3 Å². The molecule has 4 rings (SSSR count). The van der Waals surface area contributed by atoms with Crippen molar-refractivity contribution in [3.8, 4) is 17.2 Å². The highest BCUT2D eigenvalue weighted by Gasteiger charge is 2.48. The molecular formula is C28H28N2O8S. The molecule has 1 saturated heterocycles. The van der Waals surface area contributed by atoms with Crippen LogP contribution >= 0.6 is 11.3 Å². The summed E-state index contributed by atoms with van der Waals surface area (Å²) < 4.78 is 21.2. The molecule has 39 heavy (non-hydrogen) atoms. The molecule has 0 aliphatic carbocycles. The molecule has 1 aromatic heterocycles. The SMILES string of the molecule is CCOc1ccc(C2/C(=C(\O)c3ccc(OC)cc3C)C(=O)C(=O)N2c2nc(C)c(C(=O)OC)s2)cc1OC. The summed E-state index contributed by atoms with van der Waals surface area (Å²) in [5, 5.41) is 11.6. The van der Waals surface area contributed by atoms with Crippen LogP contribution < -0.4 is 19.1 Å². The van der Waals surface area contributed by atoms with Gasteiger partial charge in [0.15, 0.2) is 16.6 Å². The van der Waals surface area contributed by atoms with Crippen molar-refractivity contribution in [2.75, 3.05) is 32.8 Å². The molecule has 2 heterocycles. The molecule has 1 aliphatic rings. The second-order valence-corrected chi connectivity index (χ2v) is 9.57. The van der Waals surface area contributed by atoms with E-state index in [0.29, 0.717) is 46.2 Å². The normalized spacial score (nSPS) is 16.4. The van der Waals surface area contributed by atoms with E-state index in [1.54, 1.807) is 50.2 Å². The molecule has 1 unspecified atom stereocenters. The van der Waals surface area contributed by atoms with Crippen LogP contribution in [0.5, 0.6) is 17.2 Å². The number of carbonyl (C=O) groups is 3. The molecule has 0 spiro atoms. The van der Waals surface area contributed by atoms with Crippen molar-refractivity contribution in [2.24, 2.45) is 0 Å². The Balaban J connectivity index is 1.97. The molecule has 1 aliphatic heterocycles. The fourth-order valence-corrected chi connectivity index (χ4v) is 5.43. The zero-order chi connectivity index (χ0) is 28.4. The van der Waals surface area contributed by atoms with Crippen molar-refractivity contribution in [1.29, 1.82) is 0 Å². The zero-order valence-electron chi connectivity index (χ0n) is 22.4. The number of hydrogen-bond acceptors (Lipinski definition) is 10. The van der Waals surface area contributed by atoms with E-state index < -0.39 is 23.7 Å². The van der Waals surface area contributed by atoms with Crippen LogP contribution in [-0.4, -0.2) is 55.7 Å². The van der Waals surface area contributed by atoms with Crippen LogP contribution in [0.1, 0.15) is 45.0 Å². The van der Waals surface area contributed by atoms with E-state index in [1.165, 1.54) is 26.2 Å². The van der Waals surface area contributed by atoms with Crippen LogP contribution in [-0.2, 0) is 14.3 Å². The molecule has 3 aromatic rings. The summed E-state index contributed by atoms with van der Waals surface area (Å²) in [4.78, 5) is 45.1. The second kappa shape index (κ2) is 11.2. The molecule has 2 aromatic carbocycles. The molecular weight excluding hydrogens is 524 g/mol. The van der Waals surface area contributed by atoms with Crippen molar-refractivity contribution in [2.45, 2.75) is 26.8 Å². The third-order valence-electron chi connectivity index (χ3n) is 6.30. The number of aromatic nitrogens is 1. The van der Waals surface area contributed by atoms with Crippen LogP contribution in [0, 0.1) is 13.8 Å². The van der Waals surface area contributed by atoms with Gasteiger partial charge in [-0.1, -0.05) is 17.4 Å². The minimum atomic E-state index is -1.08. The van der Waals surface area contributed by atoms with E-state index in [9.17, 15) is 19.5 Å². The first-order valence-electron chi connectivity index (χ1n) is 12.0. The number of benzene rings is 2. The first kappa shape index (κ1) is 27.6. The highest BCUT2D eigenvalue weighted by atomic mass is 32.1. The van der Waals surface area contributed by atoms with Crippen LogP contribution in [0.25, 0.3) is 5.76 Å². The highest BCUT2D eigenvalue weighted by molar-refractivity contribution is 7.17. The Kier molecular flexibility index (Phi) is 7.91. The van der Waals surface area contributed by atoms with Crippen molar-refractivity contribution >= 4 is 39.9 Å². The van der Waals surface area contributed by atoms with E-state index >= 15 is 0 Å². The molecule has 11 heteroatoms. The fraction of sp³-hybridized carbons (Fsp3) is 0.286. The predicted octanol–water partition coefficient (Wildman–Crippen LogP) is 4.59. The molecule has 1 fully saturated rings. The van der Waals surface area contributed by atoms with E-state index in [2.05, 4.69) is 4.98 Å². The fourth-order valence-electron chi connectivity index (χ4n) is 4.42. The van der Waals surface area contributed by atoms with Crippen LogP contribution in [0.4, 0.5) is 5.13 Å². The second-order valence-electron chi connectivity index (χ2n) is 8.60. The average Bonchev–Trinajstić information content (AvgIpc) is 3.44. The smallest absolute Gasteiger partial charge is 0.350 e. The number of amides is 1. The number of Topliss-reactive ketones (excluding diaryl/α,β-unsaturated/α-hetero) is 1. The third-order valence-corrected chi connectivity index (χ3v) is 7.44. The largest absolute Gasteiger partial charge is 0.507 e. The standard InChI is InChI=1S/C28H28N2O8S/c1-7-38-19-11-8-16(13-20(19)36-5)22-21(23(31)18-10-9-17(35-4)12-14(18)2)24(32)26(33)30(22)28-29-15(3)25(39-28)27(34)37-6/h8-13,22,31H,7H2,1-6H3/b23-21+. The van der Waals surface area contributed by atoms with Crippen LogP contribution in [0.3, 0.4) is 0 Å². The monoisotopic (exact) mass is 552 g/mol.